The normalized spacial score (nSPS) is 17.4. The number of urea groups is 1. The smallest absolute Gasteiger partial charge is 0.317 e. The maximum absolute atomic E-state index is 13.2. The van der Waals surface area contributed by atoms with Crippen LogP contribution in [0.1, 0.15) is 63.9 Å². The maximum Gasteiger partial charge on any atom is 0.317 e. The number of ketones is 1. The van der Waals surface area contributed by atoms with E-state index in [-0.39, 0.29) is 18.1 Å². The fourth-order valence-corrected chi connectivity index (χ4v) is 5.93. The number of nitrogens with zero attached hydrogens (tertiary/aromatic N) is 2. The molecule has 1 aliphatic carbocycles. The zero-order valence-corrected chi connectivity index (χ0v) is 24.4. The van der Waals surface area contributed by atoms with E-state index in [2.05, 4.69) is 34.0 Å². The molecule has 10 heteroatoms. The van der Waals surface area contributed by atoms with Gasteiger partial charge in [-0.05, 0) is 74.1 Å². The molecule has 4 rings (SSSR count). The summed E-state index contributed by atoms with van der Waals surface area (Å²) in [5.41, 5.74) is 1.68. The van der Waals surface area contributed by atoms with Gasteiger partial charge >= 0.3 is 6.03 Å². The minimum absolute atomic E-state index is 0.0307. The van der Waals surface area contributed by atoms with Crippen molar-refractivity contribution >= 4 is 27.5 Å². The highest BCUT2D eigenvalue weighted by molar-refractivity contribution is 7.92. The fourth-order valence-electron chi connectivity index (χ4n) is 5.37. The van der Waals surface area contributed by atoms with E-state index in [9.17, 15) is 18.0 Å². The molecule has 40 heavy (non-hydrogen) atoms. The summed E-state index contributed by atoms with van der Waals surface area (Å²) in [4.78, 5) is 29.3. The van der Waals surface area contributed by atoms with Gasteiger partial charge in [0.15, 0.2) is 0 Å². The van der Waals surface area contributed by atoms with Gasteiger partial charge in [-0.2, -0.15) is 0 Å². The standard InChI is InChI=1S/C30H42N4O5S/c1-3-4-19-34(26-9-11-27(35)12-10-26)30(36)31-24-17-20-33(21-18-24)22-23-5-13-28(14-6-23)39-29-15-7-25(8-16-29)32-40(2,37)38/h5-8,13-16,24,26,32H,3-4,9-12,17-22H2,1-2H3,(H,31,36). The highest BCUT2D eigenvalue weighted by atomic mass is 32.2. The lowest BCUT2D eigenvalue weighted by Gasteiger charge is -2.37. The number of rotatable bonds is 11. The first kappa shape index (κ1) is 29.9. The Morgan fingerprint density at radius 1 is 0.975 bits per heavy atom. The minimum atomic E-state index is -3.31. The number of carbonyl (C=O) groups excluding carboxylic acids is 2. The zero-order chi connectivity index (χ0) is 28.5. The molecule has 218 valence electrons. The van der Waals surface area contributed by atoms with Crippen molar-refractivity contribution in [1.29, 1.82) is 0 Å². The van der Waals surface area contributed by atoms with Crippen LogP contribution in [0.3, 0.4) is 0 Å². The maximum atomic E-state index is 13.2. The number of hydrogen-bond donors (Lipinski definition) is 2. The molecule has 2 aliphatic rings. The van der Waals surface area contributed by atoms with E-state index < -0.39 is 10.0 Å². The molecule has 2 amide bonds. The first-order valence-electron chi connectivity index (χ1n) is 14.3. The summed E-state index contributed by atoms with van der Waals surface area (Å²) in [6, 6.07) is 15.2. The van der Waals surface area contributed by atoms with Crippen LogP contribution >= 0.6 is 0 Å². The Morgan fingerprint density at radius 3 is 2.15 bits per heavy atom. The zero-order valence-electron chi connectivity index (χ0n) is 23.6. The number of sulfonamides is 1. The van der Waals surface area contributed by atoms with Crippen LogP contribution in [0.2, 0.25) is 0 Å². The number of likely N-dealkylation sites (tertiary alicyclic amines) is 1. The number of unbranched alkanes of at least 4 members (excludes halogenated alkanes) is 1. The number of anilines is 1. The van der Waals surface area contributed by atoms with Gasteiger partial charge in [0.05, 0.1) is 6.26 Å². The van der Waals surface area contributed by atoms with Gasteiger partial charge in [0, 0.05) is 56.8 Å². The van der Waals surface area contributed by atoms with E-state index in [0.717, 1.165) is 71.0 Å². The molecule has 1 heterocycles. The molecule has 9 nitrogen and oxygen atoms in total. The van der Waals surface area contributed by atoms with E-state index in [1.807, 2.05) is 17.0 Å². The molecule has 0 spiro atoms. The number of hydrogen-bond acceptors (Lipinski definition) is 6. The molecule has 2 fully saturated rings. The largest absolute Gasteiger partial charge is 0.457 e. The molecule has 1 aliphatic heterocycles. The second-order valence-electron chi connectivity index (χ2n) is 11.0. The second kappa shape index (κ2) is 14.0. The van der Waals surface area contributed by atoms with Crippen molar-refractivity contribution in [2.75, 3.05) is 30.6 Å². The second-order valence-corrected chi connectivity index (χ2v) is 12.7. The molecule has 0 atom stereocenters. The van der Waals surface area contributed by atoms with Gasteiger partial charge in [0.25, 0.3) is 0 Å². The first-order chi connectivity index (χ1) is 19.2. The van der Waals surface area contributed by atoms with Gasteiger partial charge in [0.1, 0.15) is 17.3 Å². The van der Waals surface area contributed by atoms with Crippen LogP contribution in [-0.4, -0.2) is 68.0 Å². The fraction of sp³-hybridized carbons (Fsp3) is 0.533. The number of benzene rings is 2. The molecule has 0 bridgehead atoms. The summed E-state index contributed by atoms with van der Waals surface area (Å²) in [6.45, 7) is 5.57. The molecule has 0 radical (unpaired) electrons. The van der Waals surface area contributed by atoms with E-state index in [0.29, 0.717) is 35.8 Å². The van der Waals surface area contributed by atoms with Gasteiger partial charge in [-0.3, -0.25) is 14.4 Å². The summed E-state index contributed by atoms with van der Waals surface area (Å²) in [5, 5.41) is 3.29. The summed E-state index contributed by atoms with van der Waals surface area (Å²) in [6.07, 6.45) is 7.72. The number of carbonyl (C=O) groups is 2. The SMILES string of the molecule is CCCCN(C(=O)NC1CCN(Cc2ccc(Oc3ccc(NS(C)(=O)=O)cc3)cc2)CC1)C1CCC(=O)CC1. The van der Waals surface area contributed by atoms with Crippen LogP contribution in [0.4, 0.5) is 10.5 Å². The van der Waals surface area contributed by atoms with Crippen LogP contribution in [0.5, 0.6) is 11.5 Å². The number of piperidine rings is 1. The van der Waals surface area contributed by atoms with Crippen LogP contribution in [-0.2, 0) is 21.4 Å². The van der Waals surface area contributed by atoms with Crippen LogP contribution in [0, 0.1) is 0 Å². The third kappa shape index (κ3) is 9.23. The van der Waals surface area contributed by atoms with Gasteiger partial charge in [-0.15, -0.1) is 0 Å². The third-order valence-electron chi connectivity index (χ3n) is 7.60. The molecule has 1 saturated carbocycles. The highest BCUT2D eigenvalue weighted by Crippen LogP contribution is 2.25. The molecule has 2 aromatic carbocycles. The topological polar surface area (TPSA) is 108 Å². The van der Waals surface area contributed by atoms with Crippen molar-refractivity contribution < 1.29 is 22.7 Å². The highest BCUT2D eigenvalue weighted by Gasteiger charge is 2.29. The molecule has 1 saturated heterocycles. The monoisotopic (exact) mass is 570 g/mol. The van der Waals surface area contributed by atoms with E-state index in [1.54, 1.807) is 24.3 Å². The average Bonchev–Trinajstić information content (AvgIpc) is 2.92. The molecule has 0 aromatic heterocycles. The number of amides is 2. The Bertz CT molecular complexity index is 1220. The van der Waals surface area contributed by atoms with E-state index in [4.69, 9.17) is 4.74 Å². The van der Waals surface area contributed by atoms with Crippen molar-refractivity contribution in [2.24, 2.45) is 0 Å². The summed E-state index contributed by atoms with van der Waals surface area (Å²) in [5.74, 6) is 1.66. The number of ether oxygens (including phenoxy) is 1. The number of Topliss-reactive ketones (excluding diaryl/α,β-unsaturated/α-hetero) is 1. The molecule has 2 aromatic rings. The molecular formula is C30H42N4O5S. The Morgan fingerprint density at radius 2 is 1.57 bits per heavy atom. The third-order valence-corrected chi connectivity index (χ3v) is 8.21. The van der Waals surface area contributed by atoms with Gasteiger partial charge < -0.3 is 15.0 Å². The van der Waals surface area contributed by atoms with E-state index >= 15 is 0 Å². The lowest BCUT2D eigenvalue weighted by Crippen LogP contribution is -2.52. The lowest BCUT2D eigenvalue weighted by atomic mass is 9.93. The quantitative estimate of drug-likeness (QED) is 0.387. The van der Waals surface area contributed by atoms with Crippen LogP contribution in [0.15, 0.2) is 48.5 Å². The molecule has 2 N–H and O–H groups in total. The summed E-state index contributed by atoms with van der Waals surface area (Å²) in [7, 11) is -3.31. The lowest BCUT2D eigenvalue weighted by molar-refractivity contribution is -0.121. The minimum Gasteiger partial charge on any atom is -0.457 e. The predicted molar refractivity (Wildman–Crippen MR) is 157 cm³/mol. The van der Waals surface area contributed by atoms with Crippen LogP contribution < -0.4 is 14.8 Å². The molecular weight excluding hydrogens is 528 g/mol. The van der Waals surface area contributed by atoms with Crippen molar-refractivity contribution in [3.63, 3.8) is 0 Å². The van der Waals surface area contributed by atoms with Gasteiger partial charge in [0.2, 0.25) is 10.0 Å². The average molecular weight is 571 g/mol. The Hall–Kier alpha value is -3.11. The van der Waals surface area contributed by atoms with Crippen LogP contribution in [0.25, 0.3) is 0 Å². The Labute approximate surface area is 238 Å². The Balaban J connectivity index is 1.22. The van der Waals surface area contributed by atoms with Crippen molar-refractivity contribution in [2.45, 2.75) is 76.9 Å². The van der Waals surface area contributed by atoms with Crippen molar-refractivity contribution in [3.8, 4) is 11.5 Å². The van der Waals surface area contributed by atoms with Gasteiger partial charge in [-0.1, -0.05) is 25.5 Å². The number of nitrogens with one attached hydrogen (secondary N) is 2. The Kier molecular flexibility index (Phi) is 10.4. The van der Waals surface area contributed by atoms with E-state index in [1.165, 1.54) is 5.56 Å². The predicted octanol–water partition coefficient (Wildman–Crippen LogP) is 5.14. The van der Waals surface area contributed by atoms with Crippen molar-refractivity contribution in [3.05, 3.63) is 54.1 Å². The summed E-state index contributed by atoms with van der Waals surface area (Å²) < 4.78 is 31.0. The van der Waals surface area contributed by atoms with Gasteiger partial charge in [-0.25, -0.2) is 13.2 Å². The van der Waals surface area contributed by atoms with Crippen molar-refractivity contribution in [1.82, 2.24) is 15.1 Å². The first-order valence-corrected chi connectivity index (χ1v) is 16.2. The molecule has 0 unspecified atom stereocenters. The summed E-state index contributed by atoms with van der Waals surface area (Å²) >= 11 is 0.